The van der Waals surface area contributed by atoms with E-state index in [1.165, 1.54) is 16.8 Å². The summed E-state index contributed by atoms with van der Waals surface area (Å²) in [6.07, 6.45) is 5.42. The lowest BCUT2D eigenvalue weighted by atomic mass is 9.77. The van der Waals surface area contributed by atoms with Gasteiger partial charge in [0.05, 0.1) is 11.8 Å². The molecule has 0 spiro atoms. The Labute approximate surface area is 185 Å². The minimum absolute atomic E-state index is 0.00160. The summed E-state index contributed by atoms with van der Waals surface area (Å²) in [4.78, 5) is 16.7. The van der Waals surface area contributed by atoms with Crippen LogP contribution in [-0.2, 0) is 4.79 Å². The van der Waals surface area contributed by atoms with Crippen molar-refractivity contribution in [2.45, 2.75) is 32.2 Å². The van der Waals surface area contributed by atoms with Crippen molar-refractivity contribution in [3.05, 3.63) is 65.2 Å². The number of rotatable bonds is 4. The first-order valence-electron chi connectivity index (χ1n) is 11.0. The van der Waals surface area contributed by atoms with Gasteiger partial charge in [-0.25, -0.2) is 5.01 Å². The number of carbonyl (C=O) groups is 1. The smallest absolute Gasteiger partial charge is 0.240 e. The lowest BCUT2D eigenvalue weighted by Crippen LogP contribution is -2.30. The zero-order chi connectivity index (χ0) is 22.1. The van der Waals surface area contributed by atoms with Crippen molar-refractivity contribution < 1.29 is 4.79 Å². The first-order chi connectivity index (χ1) is 14.8. The highest BCUT2D eigenvalue weighted by Gasteiger charge is 2.42. The molecule has 0 aromatic heterocycles. The molecule has 0 saturated heterocycles. The summed E-state index contributed by atoms with van der Waals surface area (Å²) in [5, 5.41) is 6.57. The van der Waals surface area contributed by atoms with Gasteiger partial charge in [0, 0.05) is 52.4 Å². The topological polar surface area (TPSA) is 39.2 Å². The predicted octanol–water partition coefficient (Wildman–Crippen LogP) is 4.96. The highest BCUT2D eigenvalue weighted by molar-refractivity contribution is 6.08. The number of carbonyl (C=O) groups excluding carboxylic acids is 1. The number of nitrogens with zero attached hydrogens (tertiary/aromatic N) is 4. The van der Waals surface area contributed by atoms with Gasteiger partial charge in [0.15, 0.2) is 0 Å². The molecule has 1 amide bonds. The quantitative estimate of drug-likeness (QED) is 0.707. The van der Waals surface area contributed by atoms with Crippen LogP contribution in [0.1, 0.15) is 43.4 Å². The van der Waals surface area contributed by atoms with Crippen molar-refractivity contribution in [3.63, 3.8) is 0 Å². The van der Waals surface area contributed by atoms with Crippen molar-refractivity contribution in [2.24, 2.45) is 11.0 Å². The lowest BCUT2D eigenvalue weighted by Gasteiger charge is -2.29. The molecule has 0 unspecified atom stereocenters. The number of fused-ring (bicyclic) bond motifs is 1. The lowest BCUT2D eigenvalue weighted by molar-refractivity contribution is -0.131. The third-order valence-electron chi connectivity index (χ3n) is 6.33. The third kappa shape index (κ3) is 4.22. The van der Waals surface area contributed by atoms with Crippen molar-refractivity contribution in [1.29, 1.82) is 0 Å². The molecule has 5 heteroatoms. The van der Waals surface area contributed by atoms with Gasteiger partial charge in [-0.1, -0.05) is 24.3 Å². The molecule has 0 bridgehead atoms. The van der Waals surface area contributed by atoms with Gasteiger partial charge < -0.3 is 9.80 Å². The summed E-state index contributed by atoms with van der Waals surface area (Å²) in [5.41, 5.74) is 7.01. The van der Waals surface area contributed by atoms with E-state index < -0.39 is 0 Å². The fraction of sp³-hybridized carbons (Fsp3) is 0.385. The van der Waals surface area contributed by atoms with Crippen molar-refractivity contribution in [3.8, 4) is 0 Å². The van der Waals surface area contributed by atoms with E-state index in [-0.39, 0.29) is 17.9 Å². The highest BCUT2D eigenvalue weighted by Crippen LogP contribution is 2.44. The second-order valence-electron chi connectivity index (χ2n) is 8.93. The molecule has 162 valence electrons. The van der Waals surface area contributed by atoms with Gasteiger partial charge in [-0.2, -0.15) is 5.10 Å². The second kappa shape index (κ2) is 8.58. The normalized spacial score (nSPS) is 21.6. The molecule has 5 nitrogen and oxygen atoms in total. The number of amides is 1. The largest absolute Gasteiger partial charge is 0.378 e. The number of anilines is 2. The Morgan fingerprint density at radius 2 is 1.55 bits per heavy atom. The van der Waals surface area contributed by atoms with E-state index in [0.717, 1.165) is 36.2 Å². The number of hydrogen-bond donors (Lipinski definition) is 0. The number of benzene rings is 2. The van der Waals surface area contributed by atoms with Crippen molar-refractivity contribution in [1.82, 2.24) is 5.01 Å². The van der Waals surface area contributed by atoms with Crippen LogP contribution >= 0.6 is 0 Å². The van der Waals surface area contributed by atoms with E-state index in [1.54, 1.807) is 11.9 Å². The first-order valence-corrected chi connectivity index (χ1v) is 11.0. The number of hydrazone groups is 1. The maximum absolute atomic E-state index is 12.5. The van der Waals surface area contributed by atoms with Gasteiger partial charge >= 0.3 is 0 Å². The molecular weight excluding hydrogens is 384 g/mol. The van der Waals surface area contributed by atoms with Crippen LogP contribution in [0.3, 0.4) is 0 Å². The van der Waals surface area contributed by atoms with E-state index >= 15 is 0 Å². The Bertz CT molecular complexity index is 1000. The minimum atomic E-state index is -0.0245. The van der Waals surface area contributed by atoms with Gasteiger partial charge in [-0.3, -0.25) is 4.79 Å². The zero-order valence-corrected chi connectivity index (χ0v) is 19.2. The maximum Gasteiger partial charge on any atom is 0.240 e. The summed E-state index contributed by atoms with van der Waals surface area (Å²) in [5.74, 6) is 0.244. The molecule has 1 aliphatic heterocycles. The molecule has 2 atom stereocenters. The van der Waals surface area contributed by atoms with Gasteiger partial charge in [-0.15, -0.1) is 0 Å². The van der Waals surface area contributed by atoms with E-state index in [1.807, 2.05) is 28.2 Å². The standard InChI is InChI=1S/C26H32N4O/c1-18(31)30-26(20-11-15-23(16-12-20)29(4)5)24-8-6-7-21(25(24)27-30)17-19-9-13-22(14-10-19)28(2)3/h9-17,24,26H,6-8H2,1-5H3/b21-17+/t24-,26-/m0/s1. The highest BCUT2D eigenvalue weighted by atomic mass is 16.2. The van der Waals surface area contributed by atoms with Crippen molar-refractivity contribution in [2.75, 3.05) is 38.0 Å². The monoisotopic (exact) mass is 416 g/mol. The van der Waals surface area contributed by atoms with Crippen LogP contribution in [0.25, 0.3) is 6.08 Å². The Morgan fingerprint density at radius 3 is 2.10 bits per heavy atom. The molecule has 1 fully saturated rings. The van der Waals surface area contributed by atoms with Crippen LogP contribution in [0.4, 0.5) is 11.4 Å². The second-order valence-corrected chi connectivity index (χ2v) is 8.93. The Morgan fingerprint density at radius 1 is 0.968 bits per heavy atom. The summed E-state index contributed by atoms with van der Waals surface area (Å²) in [6, 6.07) is 17.1. The van der Waals surface area contributed by atoms with Gasteiger partial charge in [0.25, 0.3) is 0 Å². The number of hydrogen-bond acceptors (Lipinski definition) is 4. The summed E-state index contributed by atoms with van der Waals surface area (Å²) < 4.78 is 0. The molecule has 31 heavy (non-hydrogen) atoms. The maximum atomic E-state index is 12.5. The van der Waals surface area contributed by atoms with E-state index in [9.17, 15) is 4.79 Å². The molecule has 1 heterocycles. The van der Waals surface area contributed by atoms with Crippen LogP contribution < -0.4 is 9.80 Å². The van der Waals surface area contributed by atoms with Crippen LogP contribution in [0, 0.1) is 5.92 Å². The van der Waals surface area contributed by atoms with Crippen LogP contribution in [0.5, 0.6) is 0 Å². The fourth-order valence-electron chi connectivity index (χ4n) is 4.64. The Balaban J connectivity index is 1.66. The average molecular weight is 417 g/mol. The number of allylic oxidation sites excluding steroid dienone is 1. The average Bonchev–Trinajstić information content (AvgIpc) is 3.15. The molecule has 4 rings (SSSR count). The van der Waals surface area contributed by atoms with Gasteiger partial charge in [-0.05, 0) is 66.3 Å². The molecule has 2 aromatic carbocycles. The molecule has 0 radical (unpaired) electrons. The summed E-state index contributed by atoms with van der Waals surface area (Å²) >= 11 is 0. The molecule has 1 saturated carbocycles. The van der Waals surface area contributed by atoms with Crippen LogP contribution in [0.15, 0.2) is 59.2 Å². The summed E-state index contributed by atoms with van der Waals surface area (Å²) in [6.45, 7) is 1.62. The van der Waals surface area contributed by atoms with Gasteiger partial charge in [0.2, 0.25) is 5.91 Å². The van der Waals surface area contributed by atoms with Gasteiger partial charge in [0.1, 0.15) is 0 Å². The van der Waals surface area contributed by atoms with E-state index in [2.05, 4.69) is 64.4 Å². The minimum Gasteiger partial charge on any atom is -0.378 e. The molecule has 2 aliphatic rings. The first kappa shape index (κ1) is 21.2. The molecule has 0 N–H and O–H groups in total. The van der Waals surface area contributed by atoms with Crippen molar-refractivity contribution >= 4 is 29.1 Å². The molecule has 1 aliphatic carbocycles. The van der Waals surface area contributed by atoms with Crippen LogP contribution in [0.2, 0.25) is 0 Å². The fourth-order valence-corrected chi connectivity index (χ4v) is 4.64. The predicted molar refractivity (Wildman–Crippen MR) is 130 cm³/mol. The van der Waals surface area contributed by atoms with E-state index in [0.29, 0.717) is 0 Å². The van der Waals surface area contributed by atoms with E-state index in [4.69, 9.17) is 5.10 Å². The Kier molecular flexibility index (Phi) is 5.86. The Hall–Kier alpha value is -3.08. The third-order valence-corrected chi connectivity index (χ3v) is 6.33. The van der Waals surface area contributed by atoms with Crippen LogP contribution in [-0.4, -0.2) is 44.8 Å². The SMILES string of the molecule is CC(=O)N1N=C2/C(=C/c3ccc(N(C)C)cc3)CCC[C@@H]2[C@@H]1c1ccc(N(C)C)cc1. The zero-order valence-electron chi connectivity index (χ0n) is 19.2. The molecule has 2 aromatic rings. The molecular formula is C26H32N4O. The summed E-state index contributed by atoms with van der Waals surface area (Å²) in [7, 11) is 8.18.